The van der Waals surface area contributed by atoms with Crippen molar-refractivity contribution >= 4 is 17.6 Å². The number of fused-ring (bicyclic) bond motifs is 1. The Hall–Kier alpha value is -2.55. The molecule has 9 nitrogen and oxygen atoms in total. The molecule has 3 saturated heterocycles. The molecule has 0 radical (unpaired) electrons. The van der Waals surface area contributed by atoms with E-state index in [9.17, 15) is 9.59 Å². The molecule has 2 atom stereocenters. The van der Waals surface area contributed by atoms with Crippen molar-refractivity contribution in [2.45, 2.75) is 31.8 Å². The number of piperidine rings is 1. The van der Waals surface area contributed by atoms with Crippen LogP contribution in [-0.4, -0.2) is 79.5 Å². The quantitative estimate of drug-likeness (QED) is 0.774. The van der Waals surface area contributed by atoms with Crippen LogP contribution in [-0.2, 0) is 14.4 Å². The molecular weight excluding hydrogens is 400 g/mol. The molecule has 31 heavy (non-hydrogen) atoms. The topological polar surface area (TPSA) is 96.6 Å². The number of amidine groups is 1. The fourth-order valence-electron chi connectivity index (χ4n) is 5.04. The first-order chi connectivity index (χ1) is 15.2. The van der Waals surface area contributed by atoms with Gasteiger partial charge < -0.3 is 29.1 Å². The van der Waals surface area contributed by atoms with Crippen LogP contribution < -0.4 is 5.32 Å². The van der Waals surface area contributed by atoms with Gasteiger partial charge in [0, 0.05) is 45.3 Å². The number of rotatable bonds is 4. The molecule has 3 fully saturated rings. The fraction of sp³-hybridized carbons (Fsp3) is 0.682. The number of likely N-dealkylation sites (tertiary alicyclic amines) is 2. The molecule has 5 rings (SSSR count). The molecule has 4 aliphatic heterocycles. The minimum atomic E-state index is -0.109. The highest BCUT2D eigenvalue weighted by Gasteiger charge is 2.46. The molecule has 0 saturated carbocycles. The highest BCUT2D eigenvalue weighted by Crippen LogP contribution is 2.31. The molecule has 168 valence electrons. The SMILES string of the molecule is O=C(NCC1CCOCC1)C1CCN(C2=NO[C@H]3CN(C(=O)c4ccco4)C[C@@H]23)CC1. The minimum Gasteiger partial charge on any atom is -0.459 e. The smallest absolute Gasteiger partial charge is 0.289 e. The van der Waals surface area contributed by atoms with E-state index in [1.54, 1.807) is 17.0 Å². The summed E-state index contributed by atoms with van der Waals surface area (Å²) in [6.45, 7) is 5.02. The summed E-state index contributed by atoms with van der Waals surface area (Å²) in [6, 6.07) is 3.40. The lowest BCUT2D eigenvalue weighted by Gasteiger charge is -2.34. The van der Waals surface area contributed by atoms with Crippen molar-refractivity contribution in [3.8, 4) is 0 Å². The third kappa shape index (κ3) is 4.28. The summed E-state index contributed by atoms with van der Waals surface area (Å²) in [6.07, 6.45) is 5.09. The van der Waals surface area contributed by atoms with Crippen LogP contribution in [0.3, 0.4) is 0 Å². The van der Waals surface area contributed by atoms with E-state index < -0.39 is 0 Å². The van der Waals surface area contributed by atoms with Crippen molar-refractivity contribution in [3.05, 3.63) is 24.2 Å². The van der Waals surface area contributed by atoms with Crippen LogP contribution in [0.4, 0.5) is 0 Å². The molecule has 0 aromatic carbocycles. The van der Waals surface area contributed by atoms with E-state index in [2.05, 4.69) is 15.4 Å². The lowest BCUT2D eigenvalue weighted by Crippen LogP contribution is -2.46. The molecule has 2 amide bonds. The second kappa shape index (κ2) is 8.90. The van der Waals surface area contributed by atoms with Crippen molar-refractivity contribution in [2.24, 2.45) is 22.9 Å². The van der Waals surface area contributed by atoms with Gasteiger partial charge in [-0.2, -0.15) is 0 Å². The molecule has 1 N–H and O–H groups in total. The van der Waals surface area contributed by atoms with E-state index in [1.165, 1.54) is 6.26 Å². The molecule has 0 bridgehead atoms. The number of oxime groups is 1. The van der Waals surface area contributed by atoms with E-state index >= 15 is 0 Å². The van der Waals surface area contributed by atoms with Gasteiger partial charge in [-0.15, -0.1) is 0 Å². The number of amides is 2. The zero-order chi connectivity index (χ0) is 21.2. The standard InChI is InChI=1S/C22H30N4O5/c27-21(23-12-15-5-10-29-11-6-15)16-3-7-25(8-4-16)20-17-13-26(14-19(17)31-24-20)22(28)18-2-1-9-30-18/h1-2,9,15-17,19H,3-8,10-14H2,(H,23,27)/t17-,19+/m1/s1. The first-order valence-electron chi connectivity index (χ1n) is 11.4. The van der Waals surface area contributed by atoms with E-state index in [0.29, 0.717) is 24.8 Å². The Morgan fingerprint density at radius 3 is 2.68 bits per heavy atom. The highest BCUT2D eigenvalue weighted by atomic mass is 16.6. The molecule has 4 aliphatic rings. The Bertz CT molecular complexity index is 812. The average Bonchev–Trinajstić information content (AvgIpc) is 3.55. The van der Waals surface area contributed by atoms with Crippen molar-refractivity contribution in [1.82, 2.24) is 15.1 Å². The number of nitrogens with zero attached hydrogens (tertiary/aromatic N) is 3. The molecule has 1 aromatic heterocycles. The van der Waals surface area contributed by atoms with Crippen molar-refractivity contribution < 1.29 is 23.6 Å². The lowest BCUT2D eigenvalue weighted by atomic mass is 9.93. The zero-order valence-electron chi connectivity index (χ0n) is 17.7. The van der Waals surface area contributed by atoms with Crippen LogP contribution in [0.5, 0.6) is 0 Å². The highest BCUT2D eigenvalue weighted by molar-refractivity contribution is 5.93. The lowest BCUT2D eigenvalue weighted by molar-refractivity contribution is -0.126. The monoisotopic (exact) mass is 430 g/mol. The van der Waals surface area contributed by atoms with Gasteiger partial charge in [0.2, 0.25) is 5.91 Å². The second-order valence-corrected chi connectivity index (χ2v) is 8.95. The first-order valence-corrected chi connectivity index (χ1v) is 11.4. The van der Waals surface area contributed by atoms with Gasteiger partial charge in [-0.25, -0.2) is 0 Å². The van der Waals surface area contributed by atoms with E-state index in [0.717, 1.165) is 64.4 Å². The van der Waals surface area contributed by atoms with E-state index in [4.69, 9.17) is 14.0 Å². The van der Waals surface area contributed by atoms with Crippen molar-refractivity contribution in [3.63, 3.8) is 0 Å². The van der Waals surface area contributed by atoms with E-state index in [1.807, 2.05) is 0 Å². The summed E-state index contributed by atoms with van der Waals surface area (Å²) in [5.41, 5.74) is 0. The van der Waals surface area contributed by atoms with E-state index in [-0.39, 0.29) is 29.8 Å². The number of carbonyl (C=O) groups is 2. The number of nitrogens with one attached hydrogen (secondary N) is 1. The maximum absolute atomic E-state index is 12.6. The van der Waals surface area contributed by atoms with Crippen LogP contribution >= 0.6 is 0 Å². The van der Waals surface area contributed by atoms with Gasteiger partial charge in [0.05, 0.1) is 18.7 Å². The van der Waals surface area contributed by atoms with Gasteiger partial charge in [0.25, 0.3) is 5.91 Å². The summed E-state index contributed by atoms with van der Waals surface area (Å²) in [4.78, 5) is 34.9. The second-order valence-electron chi connectivity index (χ2n) is 8.95. The largest absolute Gasteiger partial charge is 0.459 e. The van der Waals surface area contributed by atoms with Gasteiger partial charge in [-0.1, -0.05) is 5.16 Å². The number of carbonyl (C=O) groups excluding carboxylic acids is 2. The predicted octanol–water partition coefficient (Wildman–Crippen LogP) is 1.32. The number of hydrogen-bond donors (Lipinski definition) is 1. The third-order valence-electron chi connectivity index (χ3n) is 6.99. The Balaban J connectivity index is 1.10. The summed E-state index contributed by atoms with van der Waals surface area (Å²) in [5.74, 6) is 2.00. The molecular formula is C22H30N4O5. The van der Waals surface area contributed by atoms with Gasteiger partial charge in [0.1, 0.15) is 0 Å². The molecule has 0 aliphatic carbocycles. The van der Waals surface area contributed by atoms with Gasteiger partial charge in [0.15, 0.2) is 17.7 Å². The average molecular weight is 431 g/mol. The Kier molecular flexibility index (Phi) is 5.85. The molecule has 5 heterocycles. The van der Waals surface area contributed by atoms with Gasteiger partial charge in [-0.3, -0.25) is 9.59 Å². The molecule has 9 heteroatoms. The number of ether oxygens (including phenoxy) is 1. The summed E-state index contributed by atoms with van der Waals surface area (Å²) in [7, 11) is 0. The van der Waals surface area contributed by atoms with Crippen LogP contribution in [0.1, 0.15) is 36.2 Å². The third-order valence-corrected chi connectivity index (χ3v) is 6.99. The first kappa shape index (κ1) is 20.4. The fourth-order valence-corrected chi connectivity index (χ4v) is 5.04. The maximum Gasteiger partial charge on any atom is 0.289 e. The summed E-state index contributed by atoms with van der Waals surface area (Å²) >= 11 is 0. The maximum atomic E-state index is 12.6. The Morgan fingerprint density at radius 1 is 1.13 bits per heavy atom. The Morgan fingerprint density at radius 2 is 1.94 bits per heavy atom. The van der Waals surface area contributed by atoms with Gasteiger partial charge >= 0.3 is 0 Å². The summed E-state index contributed by atoms with van der Waals surface area (Å²) in [5, 5.41) is 7.49. The van der Waals surface area contributed by atoms with Gasteiger partial charge in [-0.05, 0) is 43.7 Å². The zero-order valence-corrected chi connectivity index (χ0v) is 17.7. The molecule has 1 aromatic rings. The molecule has 0 unspecified atom stereocenters. The predicted molar refractivity (Wildman–Crippen MR) is 111 cm³/mol. The van der Waals surface area contributed by atoms with Crippen molar-refractivity contribution in [2.75, 3.05) is 45.9 Å². The minimum absolute atomic E-state index is 0.0513. The van der Waals surface area contributed by atoms with Crippen LogP contribution in [0, 0.1) is 17.8 Å². The number of hydrogen-bond acceptors (Lipinski definition) is 7. The van der Waals surface area contributed by atoms with Crippen LogP contribution in [0.15, 0.2) is 28.0 Å². The molecule has 0 spiro atoms. The van der Waals surface area contributed by atoms with Crippen LogP contribution in [0.2, 0.25) is 0 Å². The summed E-state index contributed by atoms with van der Waals surface area (Å²) < 4.78 is 10.6. The Labute approximate surface area is 181 Å². The normalized spacial score (nSPS) is 27.0. The van der Waals surface area contributed by atoms with Crippen molar-refractivity contribution in [1.29, 1.82) is 0 Å². The van der Waals surface area contributed by atoms with Crippen LogP contribution in [0.25, 0.3) is 0 Å². The number of furan rings is 1.